The molecule has 0 spiro atoms. The van der Waals surface area contributed by atoms with Crippen LogP contribution in [-0.4, -0.2) is 16.1 Å². The average molecular weight is 177 g/mol. The summed E-state index contributed by atoms with van der Waals surface area (Å²) in [5, 5.41) is 7.42. The van der Waals surface area contributed by atoms with E-state index in [9.17, 15) is 0 Å². The summed E-state index contributed by atoms with van der Waals surface area (Å²) in [6.45, 7) is 1.08. The van der Waals surface area contributed by atoms with Gasteiger partial charge in [0, 0.05) is 6.92 Å². The maximum Gasteiger partial charge on any atom is 1.00 e. The first-order valence-corrected chi connectivity index (χ1v) is 2.69. The number of carboxylic acids is 1. The van der Waals surface area contributed by atoms with Crippen molar-refractivity contribution in [3.63, 3.8) is 0 Å². The summed E-state index contributed by atoms with van der Waals surface area (Å²) < 4.78 is 0. The minimum absolute atomic E-state index is 0. The van der Waals surface area contributed by atoms with Crippen LogP contribution in [0.3, 0.4) is 0 Å². The maximum absolute atomic E-state index is 9.00. The van der Waals surface area contributed by atoms with E-state index in [1.54, 1.807) is 12.4 Å². The van der Waals surface area contributed by atoms with E-state index in [1.165, 1.54) is 0 Å². The van der Waals surface area contributed by atoms with Gasteiger partial charge in [-0.15, -0.1) is 0 Å². The molecule has 1 aromatic rings. The first kappa shape index (κ1) is 13.8. The summed E-state index contributed by atoms with van der Waals surface area (Å²) in [7, 11) is 0. The molecule has 0 fully saturated rings. The fourth-order valence-corrected chi connectivity index (χ4v) is 0.277. The van der Waals surface area contributed by atoms with Crippen LogP contribution in [0.25, 0.3) is 0 Å². The number of nitrogens with zero attached hydrogens (tertiary/aromatic N) is 1. The van der Waals surface area contributed by atoms with Gasteiger partial charge in [-0.25, -0.2) is 12.1 Å². The molecule has 1 heterocycles. The van der Waals surface area contributed by atoms with Gasteiger partial charge in [0.25, 0.3) is 5.97 Å². The van der Waals surface area contributed by atoms with Gasteiger partial charge in [0.15, 0.2) is 0 Å². The van der Waals surface area contributed by atoms with Gasteiger partial charge >= 0.3 is 51.4 Å². The van der Waals surface area contributed by atoms with E-state index in [-0.39, 0.29) is 51.4 Å². The van der Waals surface area contributed by atoms with Crippen LogP contribution >= 0.6 is 0 Å². The van der Waals surface area contributed by atoms with Crippen LogP contribution in [0, 0.1) is 6.07 Å². The van der Waals surface area contributed by atoms with Gasteiger partial charge in [0.1, 0.15) is 0 Å². The number of aliphatic carboxylic acids is 1. The van der Waals surface area contributed by atoms with Crippen LogP contribution in [0.2, 0.25) is 0 Å². The Labute approximate surface area is 108 Å². The molecule has 1 N–H and O–H groups in total. The number of hydrogen-bond acceptors (Lipinski definition) is 2. The van der Waals surface area contributed by atoms with E-state index in [0.29, 0.717) is 0 Å². The summed E-state index contributed by atoms with van der Waals surface area (Å²) in [6, 6.07) is 6.43. The third-order valence-electron chi connectivity index (χ3n) is 0.514. The first-order chi connectivity index (χ1) is 4.73. The van der Waals surface area contributed by atoms with Crippen LogP contribution in [0.5, 0.6) is 0 Å². The van der Waals surface area contributed by atoms with Crippen LogP contribution in [0.4, 0.5) is 0 Å². The molecule has 0 aliphatic rings. The molecule has 0 unspecified atom stereocenters. The Hall–Kier alpha value is 0.256. The Balaban J connectivity index is 0. The molecule has 0 radical (unpaired) electrons. The van der Waals surface area contributed by atoms with Crippen molar-refractivity contribution in [1.29, 1.82) is 0 Å². The predicted octanol–water partition coefficient (Wildman–Crippen LogP) is -2.02. The molecule has 4 heteroatoms. The molecule has 0 atom stereocenters. The smallest absolute Gasteiger partial charge is 0.481 e. The molecule has 1 rings (SSSR count). The summed E-state index contributed by atoms with van der Waals surface area (Å²) in [6.07, 6.45) is 3.34. The van der Waals surface area contributed by atoms with E-state index in [2.05, 4.69) is 11.1 Å². The molecule has 1 aromatic heterocycles. The van der Waals surface area contributed by atoms with E-state index in [0.717, 1.165) is 6.92 Å². The van der Waals surface area contributed by atoms with Gasteiger partial charge in [-0.2, -0.15) is 6.07 Å². The third kappa shape index (κ3) is 17.9. The SMILES string of the molecule is CC(=O)O.[K+].[c-]1cccnc1. The van der Waals surface area contributed by atoms with Crippen molar-refractivity contribution in [2.75, 3.05) is 0 Å². The van der Waals surface area contributed by atoms with Crippen molar-refractivity contribution in [2.24, 2.45) is 0 Å². The number of aromatic nitrogens is 1. The standard InChI is InChI=1S/C5H4N.C2H4O2.K/c1-2-4-6-5-3-1;1-2(3)4;/h1-2,4-5H;1H3,(H,3,4);/q-1;;+1. The Bertz CT molecular complexity index is 148. The third-order valence-corrected chi connectivity index (χ3v) is 0.514. The Kier molecular flexibility index (Phi) is 12.9. The van der Waals surface area contributed by atoms with Crippen LogP contribution in [-0.2, 0) is 4.79 Å². The van der Waals surface area contributed by atoms with Gasteiger partial charge in [0.05, 0.1) is 0 Å². The minimum atomic E-state index is -0.833. The zero-order valence-electron chi connectivity index (χ0n) is 6.61. The number of pyridine rings is 1. The normalized spacial score (nSPS) is 6.64. The van der Waals surface area contributed by atoms with E-state index >= 15 is 0 Å². The fraction of sp³-hybridized carbons (Fsp3) is 0.143. The van der Waals surface area contributed by atoms with Crippen molar-refractivity contribution in [3.8, 4) is 0 Å². The molecule has 0 aliphatic carbocycles. The van der Waals surface area contributed by atoms with Gasteiger partial charge in [-0.05, 0) is 0 Å². The Morgan fingerprint density at radius 3 is 2.27 bits per heavy atom. The second-order valence-corrected chi connectivity index (χ2v) is 1.47. The topological polar surface area (TPSA) is 50.2 Å². The quantitative estimate of drug-likeness (QED) is 0.367. The van der Waals surface area contributed by atoms with Gasteiger partial charge in [-0.1, -0.05) is 12.4 Å². The Morgan fingerprint density at radius 1 is 1.64 bits per heavy atom. The molecule has 0 bridgehead atoms. The molecule has 0 saturated carbocycles. The number of hydrogen-bond donors (Lipinski definition) is 1. The molecule has 0 aliphatic heterocycles. The van der Waals surface area contributed by atoms with Crippen molar-refractivity contribution < 1.29 is 61.3 Å². The Morgan fingerprint density at radius 2 is 2.18 bits per heavy atom. The molecule has 0 amide bonds. The second-order valence-electron chi connectivity index (χ2n) is 1.47. The molecular weight excluding hydrogens is 169 g/mol. The summed E-state index contributed by atoms with van der Waals surface area (Å²) in [4.78, 5) is 12.7. The summed E-state index contributed by atoms with van der Waals surface area (Å²) >= 11 is 0. The minimum Gasteiger partial charge on any atom is -0.481 e. The monoisotopic (exact) mass is 177 g/mol. The van der Waals surface area contributed by atoms with Gasteiger partial charge < -0.3 is 10.1 Å². The van der Waals surface area contributed by atoms with E-state index in [4.69, 9.17) is 9.90 Å². The second kappa shape index (κ2) is 10.3. The van der Waals surface area contributed by atoms with Crippen molar-refractivity contribution in [3.05, 3.63) is 30.6 Å². The summed E-state index contributed by atoms with van der Waals surface area (Å²) in [5.41, 5.74) is 0. The molecule has 0 aromatic carbocycles. The molecule has 0 saturated heterocycles. The predicted molar refractivity (Wildman–Crippen MR) is 36.4 cm³/mol. The number of carboxylic acid groups (broad SMARTS) is 1. The van der Waals surface area contributed by atoms with Crippen molar-refractivity contribution in [1.82, 2.24) is 4.98 Å². The van der Waals surface area contributed by atoms with E-state index in [1.807, 2.05) is 12.1 Å². The molecule has 54 valence electrons. The van der Waals surface area contributed by atoms with Gasteiger partial charge in [-0.3, -0.25) is 4.79 Å². The van der Waals surface area contributed by atoms with Crippen LogP contribution < -0.4 is 51.4 Å². The fourth-order valence-electron chi connectivity index (χ4n) is 0.277. The number of carbonyl (C=O) groups is 1. The number of rotatable bonds is 0. The largest absolute Gasteiger partial charge is 1.00 e. The van der Waals surface area contributed by atoms with E-state index < -0.39 is 5.97 Å². The van der Waals surface area contributed by atoms with Crippen LogP contribution in [0.1, 0.15) is 6.92 Å². The molecular formula is C7H8KNO2. The average Bonchev–Trinajstić information content (AvgIpc) is 1.90. The zero-order valence-corrected chi connectivity index (χ0v) is 9.74. The summed E-state index contributed by atoms with van der Waals surface area (Å²) in [5.74, 6) is -0.833. The van der Waals surface area contributed by atoms with Crippen molar-refractivity contribution in [2.45, 2.75) is 6.92 Å². The first-order valence-electron chi connectivity index (χ1n) is 2.69. The van der Waals surface area contributed by atoms with Crippen molar-refractivity contribution >= 4 is 5.97 Å². The van der Waals surface area contributed by atoms with Gasteiger partial charge in [0.2, 0.25) is 0 Å². The zero-order chi connectivity index (χ0) is 7.82. The van der Waals surface area contributed by atoms with Crippen LogP contribution in [0.15, 0.2) is 24.5 Å². The molecule has 3 nitrogen and oxygen atoms in total. The molecule has 11 heavy (non-hydrogen) atoms. The maximum atomic E-state index is 9.00.